The van der Waals surface area contributed by atoms with Crippen molar-refractivity contribution in [2.24, 2.45) is 0 Å². The molecule has 0 saturated carbocycles. The Kier molecular flexibility index (Phi) is 3.90. The highest BCUT2D eigenvalue weighted by atomic mass is 32.1. The number of fused-ring (bicyclic) bond motifs is 2. The minimum Gasteiger partial charge on any atom is -0.296 e. The van der Waals surface area contributed by atoms with Crippen LogP contribution in [0.15, 0.2) is 30.3 Å². The lowest BCUT2D eigenvalue weighted by molar-refractivity contribution is 0.214. The van der Waals surface area contributed by atoms with Crippen molar-refractivity contribution in [3.8, 4) is 10.6 Å². The van der Waals surface area contributed by atoms with Crippen molar-refractivity contribution in [3.63, 3.8) is 0 Å². The van der Waals surface area contributed by atoms with Crippen LogP contribution in [0.4, 0.5) is 0 Å². The van der Waals surface area contributed by atoms with Gasteiger partial charge in [0.15, 0.2) is 5.82 Å². The lowest BCUT2D eigenvalue weighted by atomic mass is 10.1. The van der Waals surface area contributed by atoms with E-state index >= 15 is 0 Å². The number of rotatable bonds is 3. The zero-order chi connectivity index (χ0) is 17.5. The molecule has 4 heterocycles. The van der Waals surface area contributed by atoms with Crippen LogP contribution in [0.25, 0.3) is 26.4 Å². The van der Waals surface area contributed by atoms with E-state index in [2.05, 4.69) is 32.2 Å². The van der Waals surface area contributed by atoms with Crippen LogP contribution >= 0.6 is 11.3 Å². The Bertz CT molecular complexity index is 1080. The predicted octanol–water partition coefficient (Wildman–Crippen LogP) is 3.70. The highest BCUT2D eigenvalue weighted by Crippen LogP contribution is 2.32. The van der Waals surface area contributed by atoms with Gasteiger partial charge in [0.25, 0.3) is 0 Å². The van der Waals surface area contributed by atoms with E-state index in [1.165, 1.54) is 19.3 Å². The molecule has 1 aromatic carbocycles. The summed E-state index contributed by atoms with van der Waals surface area (Å²) < 4.78 is 1.92. The van der Waals surface area contributed by atoms with Crippen molar-refractivity contribution in [2.45, 2.75) is 32.7 Å². The summed E-state index contributed by atoms with van der Waals surface area (Å²) in [6.45, 7) is 5.12. The monoisotopic (exact) mass is 364 g/mol. The maximum Gasteiger partial charge on any atom is 0.235 e. The van der Waals surface area contributed by atoms with E-state index in [-0.39, 0.29) is 0 Å². The quantitative estimate of drug-likeness (QED) is 0.555. The van der Waals surface area contributed by atoms with Gasteiger partial charge in [-0.15, -0.1) is 10.2 Å². The maximum absolute atomic E-state index is 4.86. The first-order valence-corrected chi connectivity index (χ1v) is 9.90. The summed E-state index contributed by atoms with van der Waals surface area (Å²) in [5.41, 5.74) is 3.12. The number of para-hydroxylation sites is 1. The number of aromatic nitrogens is 5. The van der Waals surface area contributed by atoms with Gasteiger partial charge >= 0.3 is 0 Å². The van der Waals surface area contributed by atoms with Crippen LogP contribution in [0.5, 0.6) is 0 Å². The van der Waals surface area contributed by atoms with Gasteiger partial charge in [-0.05, 0) is 45.0 Å². The number of likely N-dealkylation sites (tertiary alicyclic amines) is 1. The highest BCUT2D eigenvalue weighted by molar-refractivity contribution is 7.19. The fourth-order valence-electron chi connectivity index (χ4n) is 3.67. The van der Waals surface area contributed by atoms with Gasteiger partial charge < -0.3 is 0 Å². The summed E-state index contributed by atoms with van der Waals surface area (Å²) in [4.78, 5) is 7.94. The molecule has 0 N–H and O–H groups in total. The van der Waals surface area contributed by atoms with Crippen LogP contribution in [-0.2, 0) is 6.54 Å². The molecule has 0 amide bonds. The molecule has 1 saturated heterocycles. The Morgan fingerprint density at radius 1 is 1.08 bits per heavy atom. The van der Waals surface area contributed by atoms with Crippen molar-refractivity contribution in [2.75, 3.05) is 13.1 Å². The second-order valence-electron chi connectivity index (χ2n) is 6.88. The predicted molar refractivity (Wildman–Crippen MR) is 103 cm³/mol. The first-order valence-electron chi connectivity index (χ1n) is 9.08. The number of hydrogen-bond donors (Lipinski definition) is 0. The number of nitrogens with zero attached hydrogens (tertiary/aromatic N) is 6. The smallest absolute Gasteiger partial charge is 0.235 e. The van der Waals surface area contributed by atoms with Crippen LogP contribution in [0.3, 0.4) is 0 Å². The third-order valence-electron chi connectivity index (χ3n) is 4.94. The van der Waals surface area contributed by atoms with Gasteiger partial charge in [-0.25, -0.2) is 0 Å². The van der Waals surface area contributed by atoms with Crippen LogP contribution in [0.2, 0.25) is 0 Å². The lowest BCUT2D eigenvalue weighted by Crippen LogP contribution is -2.30. The van der Waals surface area contributed by atoms with Gasteiger partial charge in [0.1, 0.15) is 5.01 Å². The molecule has 1 aliphatic rings. The molecule has 1 aliphatic heterocycles. The van der Waals surface area contributed by atoms with E-state index in [0.29, 0.717) is 0 Å². The molecule has 3 aromatic heterocycles. The van der Waals surface area contributed by atoms with Gasteiger partial charge in [-0.2, -0.15) is 9.61 Å². The Labute approximate surface area is 155 Å². The van der Waals surface area contributed by atoms with Crippen molar-refractivity contribution in [1.29, 1.82) is 0 Å². The number of piperidine rings is 1. The van der Waals surface area contributed by atoms with E-state index in [1.54, 1.807) is 11.3 Å². The number of hydrogen-bond acceptors (Lipinski definition) is 6. The molecule has 5 rings (SSSR count). The molecule has 7 heteroatoms. The molecule has 0 aliphatic carbocycles. The van der Waals surface area contributed by atoms with Crippen molar-refractivity contribution < 1.29 is 0 Å². The Balaban J connectivity index is 1.56. The summed E-state index contributed by atoms with van der Waals surface area (Å²) in [6, 6.07) is 10.3. The largest absolute Gasteiger partial charge is 0.296 e. The summed E-state index contributed by atoms with van der Waals surface area (Å²) >= 11 is 1.59. The van der Waals surface area contributed by atoms with Crippen LogP contribution in [0, 0.1) is 6.92 Å². The average Bonchev–Trinajstić information content (AvgIpc) is 3.24. The van der Waals surface area contributed by atoms with E-state index in [9.17, 15) is 0 Å². The second kappa shape index (κ2) is 6.41. The summed E-state index contributed by atoms with van der Waals surface area (Å²) in [5, 5.41) is 15.7. The molecule has 0 bridgehead atoms. The molecular formula is C19H20N6S. The molecule has 6 nitrogen and oxygen atoms in total. The van der Waals surface area contributed by atoms with Gasteiger partial charge in [0, 0.05) is 16.6 Å². The molecule has 0 radical (unpaired) electrons. The van der Waals surface area contributed by atoms with Crippen molar-refractivity contribution >= 4 is 27.2 Å². The van der Waals surface area contributed by atoms with Crippen LogP contribution in [0.1, 0.15) is 30.8 Å². The van der Waals surface area contributed by atoms with Gasteiger partial charge in [0.2, 0.25) is 4.96 Å². The standard InChI is InChI=1S/C19H20N6S/c1-13-11-15(14-7-3-4-8-16(14)20-13)18-23-25-17(21-22-19(25)26-18)12-24-9-5-2-6-10-24/h3-4,7-8,11H,2,5-6,9-10,12H2,1H3. The first-order chi connectivity index (χ1) is 12.8. The van der Waals surface area contributed by atoms with Gasteiger partial charge in [-0.3, -0.25) is 9.88 Å². The highest BCUT2D eigenvalue weighted by Gasteiger charge is 2.18. The number of benzene rings is 1. The molecule has 0 spiro atoms. The summed E-state index contributed by atoms with van der Waals surface area (Å²) in [7, 11) is 0. The van der Waals surface area contributed by atoms with Crippen molar-refractivity contribution in [3.05, 3.63) is 41.9 Å². The summed E-state index contributed by atoms with van der Waals surface area (Å²) in [6.07, 6.45) is 3.88. The van der Waals surface area contributed by atoms with E-state index in [4.69, 9.17) is 5.10 Å². The van der Waals surface area contributed by atoms with E-state index < -0.39 is 0 Å². The zero-order valence-corrected chi connectivity index (χ0v) is 15.5. The van der Waals surface area contributed by atoms with Gasteiger partial charge in [0.05, 0.1) is 12.1 Å². The molecule has 0 atom stereocenters. The molecular weight excluding hydrogens is 344 g/mol. The van der Waals surface area contributed by atoms with Crippen LogP contribution < -0.4 is 0 Å². The lowest BCUT2D eigenvalue weighted by Gasteiger charge is -2.25. The third-order valence-corrected chi connectivity index (χ3v) is 5.88. The SMILES string of the molecule is Cc1cc(-c2nn3c(CN4CCCCC4)nnc3s2)c2ccccc2n1. The topological polar surface area (TPSA) is 59.2 Å². The Morgan fingerprint density at radius 3 is 2.81 bits per heavy atom. The normalized spacial score (nSPS) is 15.9. The van der Waals surface area contributed by atoms with Gasteiger partial charge in [-0.1, -0.05) is 36.0 Å². The fourth-order valence-corrected chi connectivity index (χ4v) is 4.56. The maximum atomic E-state index is 4.86. The molecule has 4 aromatic rings. The number of aryl methyl sites for hydroxylation is 1. The first kappa shape index (κ1) is 15.8. The second-order valence-corrected chi connectivity index (χ2v) is 7.84. The Morgan fingerprint density at radius 2 is 1.92 bits per heavy atom. The molecule has 0 unspecified atom stereocenters. The van der Waals surface area contributed by atoms with Crippen molar-refractivity contribution in [1.82, 2.24) is 29.7 Å². The van der Waals surface area contributed by atoms with E-state index in [0.717, 1.165) is 57.6 Å². The zero-order valence-electron chi connectivity index (χ0n) is 14.7. The van der Waals surface area contributed by atoms with Crippen LogP contribution in [-0.4, -0.2) is 42.8 Å². The molecule has 1 fully saturated rings. The Hall–Kier alpha value is -2.38. The molecule has 26 heavy (non-hydrogen) atoms. The third kappa shape index (κ3) is 2.77. The fraction of sp³-hybridized carbons (Fsp3) is 0.368. The number of pyridine rings is 1. The summed E-state index contributed by atoms with van der Waals surface area (Å²) in [5.74, 6) is 0.930. The minimum atomic E-state index is 0.820. The minimum absolute atomic E-state index is 0.820. The average molecular weight is 364 g/mol. The van der Waals surface area contributed by atoms with E-state index in [1.807, 2.05) is 29.6 Å². The molecule has 132 valence electrons.